The first-order valence-electron chi connectivity index (χ1n) is 6.57. The van der Waals surface area contributed by atoms with Gasteiger partial charge >= 0.3 is 0 Å². The number of benzene rings is 1. The van der Waals surface area contributed by atoms with Gasteiger partial charge < -0.3 is 4.74 Å². The molecule has 1 aromatic rings. The topological polar surface area (TPSA) is 26.3 Å². The summed E-state index contributed by atoms with van der Waals surface area (Å²) in [4.78, 5) is 12.6. The molecule has 3 unspecified atom stereocenters. The van der Waals surface area contributed by atoms with E-state index in [1.165, 1.54) is 19.3 Å². The van der Waals surface area contributed by atoms with E-state index in [2.05, 4.69) is 15.9 Å². The van der Waals surface area contributed by atoms with Crippen molar-refractivity contribution in [3.05, 3.63) is 28.2 Å². The Morgan fingerprint density at radius 3 is 2.72 bits per heavy atom. The van der Waals surface area contributed by atoms with Crippen LogP contribution < -0.4 is 4.74 Å². The van der Waals surface area contributed by atoms with Crippen LogP contribution in [0.2, 0.25) is 0 Å². The maximum absolute atomic E-state index is 12.6. The van der Waals surface area contributed by atoms with Gasteiger partial charge in [0, 0.05) is 16.0 Å². The van der Waals surface area contributed by atoms with Crippen LogP contribution in [0.25, 0.3) is 0 Å². The molecule has 96 valence electrons. The van der Waals surface area contributed by atoms with Gasteiger partial charge in [0.2, 0.25) is 0 Å². The van der Waals surface area contributed by atoms with E-state index in [4.69, 9.17) is 4.74 Å². The Morgan fingerprint density at radius 2 is 2.17 bits per heavy atom. The number of fused-ring (bicyclic) bond motifs is 2. The summed E-state index contributed by atoms with van der Waals surface area (Å²) in [5, 5.41) is 0. The van der Waals surface area contributed by atoms with Crippen molar-refractivity contribution >= 4 is 21.7 Å². The number of ketones is 1. The van der Waals surface area contributed by atoms with Crippen LogP contribution in [-0.2, 0) is 0 Å². The van der Waals surface area contributed by atoms with E-state index in [0.717, 1.165) is 28.1 Å². The van der Waals surface area contributed by atoms with Crippen LogP contribution >= 0.6 is 15.9 Å². The minimum absolute atomic E-state index is 0.258. The highest BCUT2D eigenvalue weighted by molar-refractivity contribution is 9.10. The van der Waals surface area contributed by atoms with E-state index in [1.54, 1.807) is 7.11 Å². The zero-order chi connectivity index (χ0) is 12.7. The molecule has 0 heterocycles. The molecule has 2 aliphatic rings. The van der Waals surface area contributed by atoms with E-state index < -0.39 is 0 Å². The van der Waals surface area contributed by atoms with Gasteiger partial charge in [0.1, 0.15) is 5.75 Å². The van der Waals surface area contributed by atoms with Gasteiger partial charge in [-0.25, -0.2) is 0 Å². The summed E-state index contributed by atoms with van der Waals surface area (Å²) in [7, 11) is 1.64. The SMILES string of the molecule is COc1ccc(C(=O)C2CC3CCC2C3)c(Br)c1. The van der Waals surface area contributed by atoms with Gasteiger partial charge in [-0.1, -0.05) is 6.42 Å². The number of methoxy groups -OCH3 is 1. The highest BCUT2D eigenvalue weighted by Crippen LogP contribution is 2.49. The number of carbonyl (C=O) groups excluding carboxylic acids is 1. The molecule has 0 spiro atoms. The van der Waals surface area contributed by atoms with Crippen molar-refractivity contribution < 1.29 is 9.53 Å². The largest absolute Gasteiger partial charge is 0.497 e. The molecular weight excluding hydrogens is 292 g/mol. The Hall–Kier alpha value is -0.830. The molecule has 0 amide bonds. The normalized spacial score (nSPS) is 29.6. The van der Waals surface area contributed by atoms with Gasteiger partial charge in [-0.05, 0) is 65.2 Å². The standard InChI is InChI=1S/C15H17BrO2/c1-18-11-4-5-12(14(16)8-11)15(17)13-7-9-2-3-10(13)6-9/h4-5,8-10,13H,2-3,6-7H2,1H3. The summed E-state index contributed by atoms with van der Waals surface area (Å²) in [6, 6.07) is 5.63. The van der Waals surface area contributed by atoms with E-state index in [0.29, 0.717) is 11.7 Å². The van der Waals surface area contributed by atoms with Crippen molar-refractivity contribution in [1.29, 1.82) is 0 Å². The third-order valence-electron chi connectivity index (χ3n) is 4.52. The molecule has 2 aliphatic carbocycles. The number of halogens is 1. The third kappa shape index (κ3) is 1.99. The number of hydrogen-bond donors (Lipinski definition) is 0. The number of Topliss-reactive ketones (excluding diaryl/α,β-unsaturated/α-hetero) is 1. The lowest BCUT2D eigenvalue weighted by molar-refractivity contribution is 0.0874. The van der Waals surface area contributed by atoms with Gasteiger partial charge in [-0.15, -0.1) is 0 Å². The van der Waals surface area contributed by atoms with Crippen LogP contribution in [0.3, 0.4) is 0 Å². The second-order valence-electron chi connectivity index (χ2n) is 5.49. The first kappa shape index (κ1) is 12.2. The second-order valence-corrected chi connectivity index (χ2v) is 6.35. The fourth-order valence-electron chi connectivity index (χ4n) is 3.59. The summed E-state index contributed by atoms with van der Waals surface area (Å²) in [6.45, 7) is 0. The second kappa shape index (κ2) is 4.69. The summed E-state index contributed by atoms with van der Waals surface area (Å²) in [5.41, 5.74) is 0.813. The summed E-state index contributed by atoms with van der Waals surface area (Å²) >= 11 is 3.49. The fraction of sp³-hybridized carbons (Fsp3) is 0.533. The molecule has 0 aliphatic heterocycles. The molecule has 0 N–H and O–H groups in total. The minimum atomic E-state index is 0.258. The lowest BCUT2D eigenvalue weighted by Crippen LogP contribution is -2.21. The molecule has 2 nitrogen and oxygen atoms in total. The van der Waals surface area contributed by atoms with Gasteiger partial charge in [-0.2, -0.15) is 0 Å². The first-order chi connectivity index (χ1) is 8.69. The molecule has 2 saturated carbocycles. The molecule has 18 heavy (non-hydrogen) atoms. The molecule has 3 rings (SSSR count). The van der Waals surface area contributed by atoms with Crippen LogP contribution in [0.1, 0.15) is 36.0 Å². The summed E-state index contributed by atoms with van der Waals surface area (Å²) in [6.07, 6.45) is 4.94. The third-order valence-corrected chi connectivity index (χ3v) is 5.17. The highest BCUT2D eigenvalue weighted by atomic mass is 79.9. The van der Waals surface area contributed by atoms with Crippen LogP contribution in [0.4, 0.5) is 0 Å². The minimum Gasteiger partial charge on any atom is -0.497 e. The van der Waals surface area contributed by atoms with Gasteiger partial charge in [0.05, 0.1) is 7.11 Å². The molecule has 3 atom stereocenters. The Bertz CT molecular complexity index is 483. The van der Waals surface area contributed by atoms with E-state index >= 15 is 0 Å². The Balaban J connectivity index is 1.84. The average molecular weight is 309 g/mol. The Kier molecular flexibility index (Phi) is 3.18. The van der Waals surface area contributed by atoms with Crippen molar-refractivity contribution in [3.63, 3.8) is 0 Å². The van der Waals surface area contributed by atoms with Crippen molar-refractivity contribution in [2.45, 2.75) is 25.7 Å². The van der Waals surface area contributed by atoms with Crippen molar-refractivity contribution in [1.82, 2.24) is 0 Å². The molecule has 0 aromatic heterocycles. The Morgan fingerprint density at radius 1 is 1.33 bits per heavy atom. The van der Waals surface area contributed by atoms with Crippen molar-refractivity contribution in [2.75, 3.05) is 7.11 Å². The van der Waals surface area contributed by atoms with E-state index in [-0.39, 0.29) is 5.92 Å². The highest BCUT2D eigenvalue weighted by Gasteiger charge is 2.43. The lowest BCUT2D eigenvalue weighted by atomic mass is 9.83. The predicted molar refractivity (Wildman–Crippen MR) is 74.0 cm³/mol. The first-order valence-corrected chi connectivity index (χ1v) is 7.36. The monoisotopic (exact) mass is 308 g/mol. The molecule has 2 fully saturated rings. The van der Waals surface area contributed by atoms with Gasteiger partial charge in [-0.3, -0.25) is 4.79 Å². The molecule has 0 saturated heterocycles. The average Bonchev–Trinajstić information content (AvgIpc) is 3.00. The number of hydrogen-bond acceptors (Lipinski definition) is 2. The molecule has 3 heteroatoms. The number of carbonyl (C=O) groups is 1. The molecule has 0 radical (unpaired) electrons. The van der Waals surface area contributed by atoms with Crippen molar-refractivity contribution in [3.8, 4) is 5.75 Å². The zero-order valence-electron chi connectivity index (χ0n) is 10.5. The molecule has 2 bridgehead atoms. The zero-order valence-corrected chi connectivity index (χ0v) is 12.1. The maximum Gasteiger partial charge on any atom is 0.167 e. The fourth-order valence-corrected chi connectivity index (χ4v) is 4.14. The molecular formula is C15H17BrO2. The maximum atomic E-state index is 12.6. The van der Waals surface area contributed by atoms with Crippen LogP contribution in [0.5, 0.6) is 5.75 Å². The number of ether oxygens (including phenoxy) is 1. The van der Waals surface area contributed by atoms with Gasteiger partial charge in [0.25, 0.3) is 0 Å². The van der Waals surface area contributed by atoms with Crippen LogP contribution in [-0.4, -0.2) is 12.9 Å². The predicted octanol–water partition coefficient (Wildman–Crippen LogP) is 4.08. The van der Waals surface area contributed by atoms with E-state index in [1.807, 2.05) is 18.2 Å². The lowest BCUT2D eigenvalue weighted by Gasteiger charge is -2.21. The Labute approximate surface area is 116 Å². The van der Waals surface area contributed by atoms with Crippen molar-refractivity contribution in [2.24, 2.45) is 17.8 Å². The summed E-state index contributed by atoms with van der Waals surface area (Å²) in [5.74, 6) is 2.80. The smallest absolute Gasteiger partial charge is 0.167 e. The van der Waals surface area contributed by atoms with Crippen LogP contribution in [0, 0.1) is 17.8 Å². The van der Waals surface area contributed by atoms with Crippen LogP contribution in [0.15, 0.2) is 22.7 Å². The quantitative estimate of drug-likeness (QED) is 0.787. The van der Waals surface area contributed by atoms with E-state index in [9.17, 15) is 4.79 Å². The number of rotatable bonds is 3. The molecule has 1 aromatic carbocycles. The van der Waals surface area contributed by atoms with Gasteiger partial charge in [0.15, 0.2) is 5.78 Å². The summed E-state index contributed by atoms with van der Waals surface area (Å²) < 4.78 is 6.02.